The Morgan fingerprint density at radius 2 is 1.70 bits per heavy atom. The van der Waals surface area contributed by atoms with Gasteiger partial charge in [0.1, 0.15) is 5.82 Å². The number of urea groups is 1. The van der Waals surface area contributed by atoms with E-state index in [0.29, 0.717) is 33.8 Å². The molecule has 7 nitrogen and oxygen atoms in total. The van der Waals surface area contributed by atoms with Crippen LogP contribution < -0.4 is 24.8 Å². The molecule has 1 heterocycles. The van der Waals surface area contributed by atoms with E-state index >= 15 is 0 Å². The van der Waals surface area contributed by atoms with Gasteiger partial charge in [0.05, 0.1) is 27.0 Å². The first kappa shape index (κ1) is 16.7. The van der Waals surface area contributed by atoms with Crippen LogP contribution in [0.1, 0.15) is 0 Å². The third kappa shape index (κ3) is 4.17. The van der Waals surface area contributed by atoms with Gasteiger partial charge in [-0.05, 0) is 12.1 Å². The maximum Gasteiger partial charge on any atom is 0.324 e. The normalized spacial score (nSPS) is 9.91. The lowest BCUT2D eigenvalue weighted by atomic mass is 10.2. The van der Waals surface area contributed by atoms with Crippen LogP contribution in [0.15, 0.2) is 30.5 Å². The number of amides is 2. The van der Waals surface area contributed by atoms with Gasteiger partial charge in [-0.25, -0.2) is 9.78 Å². The third-order valence-corrected chi connectivity index (χ3v) is 3.12. The van der Waals surface area contributed by atoms with E-state index in [1.54, 1.807) is 18.2 Å². The largest absolute Gasteiger partial charge is 0.493 e. The Balaban J connectivity index is 2.17. The predicted molar refractivity (Wildman–Crippen MR) is 88.0 cm³/mol. The number of hydrogen-bond acceptors (Lipinski definition) is 5. The number of benzene rings is 1. The van der Waals surface area contributed by atoms with Crippen molar-refractivity contribution in [3.8, 4) is 17.2 Å². The Labute approximate surface area is 138 Å². The van der Waals surface area contributed by atoms with E-state index < -0.39 is 6.03 Å². The summed E-state index contributed by atoms with van der Waals surface area (Å²) in [4.78, 5) is 16.0. The van der Waals surface area contributed by atoms with Gasteiger partial charge in [-0.1, -0.05) is 11.6 Å². The second kappa shape index (κ2) is 7.55. The first-order valence-corrected chi connectivity index (χ1v) is 6.94. The maximum atomic E-state index is 12.0. The van der Waals surface area contributed by atoms with Crippen LogP contribution in [0.25, 0.3) is 0 Å². The summed E-state index contributed by atoms with van der Waals surface area (Å²) in [6, 6.07) is 5.91. The van der Waals surface area contributed by atoms with Crippen LogP contribution in [0.4, 0.5) is 16.3 Å². The average molecular weight is 338 g/mol. The molecule has 0 bridgehead atoms. The number of carbonyl (C=O) groups excluding carboxylic acids is 1. The number of pyridine rings is 1. The molecule has 2 rings (SSSR count). The number of anilines is 2. The van der Waals surface area contributed by atoms with Gasteiger partial charge in [-0.3, -0.25) is 5.32 Å². The van der Waals surface area contributed by atoms with E-state index in [4.69, 9.17) is 25.8 Å². The zero-order valence-electron chi connectivity index (χ0n) is 12.8. The highest BCUT2D eigenvalue weighted by molar-refractivity contribution is 6.30. The monoisotopic (exact) mass is 337 g/mol. The number of carbonyl (C=O) groups is 1. The molecule has 1 aromatic heterocycles. The van der Waals surface area contributed by atoms with Gasteiger partial charge in [0.25, 0.3) is 0 Å². The number of rotatable bonds is 5. The van der Waals surface area contributed by atoms with Crippen LogP contribution in [-0.2, 0) is 0 Å². The molecule has 0 aliphatic heterocycles. The maximum absolute atomic E-state index is 12.0. The molecule has 23 heavy (non-hydrogen) atoms. The minimum absolute atomic E-state index is 0.336. The quantitative estimate of drug-likeness (QED) is 0.873. The van der Waals surface area contributed by atoms with Gasteiger partial charge < -0.3 is 19.5 Å². The fourth-order valence-corrected chi connectivity index (χ4v) is 2.06. The number of nitrogens with zero attached hydrogens (tertiary/aromatic N) is 1. The third-order valence-electron chi connectivity index (χ3n) is 2.89. The van der Waals surface area contributed by atoms with Crippen LogP contribution in [0, 0.1) is 0 Å². The zero-order chi connectivity index (χ0) is 16.8. The lowest BCUT2D eigenvalue weighted by molar-refractivity contribution is 0.262. The van der Waals surface area contributed by atoms with Gasteiger partial charge in [-0.2, -0.15) is 0 Å². The summed E-state index contributed by atoms with van der Waals surface area (Å²) in [5.41, 5.74) is 0.471. The number of methoxy groups -OCH3 is 3. The fourth-order valence-electron chi connectivity index (χ4n) is 1.91. The number of aromatic nitrogens is 1. The Morgan fingerprint density at radius 3 is 2.22 bits per heavy atom. The topological polar surface area (TPSA) is 81.7 Å². The van der Waals surface area contributed by atoms with Crippen molar-refractivity contribution in [1.82, 2.24) is 4.98 Å². The average Bonchev–Trinajstić information content (AvgIpc) is 2.53. The van der Waals surface area contributed by atoms with Crippen molar-refractivity contribution in [3.05, 3.63) is 35.5 Å². The first-order valence-electron chi connectivity index (χ1n) is 6.57. The molecule has 0 aliphatic carbocycles. The molecule has 2 N–H and O–H groups in total. The van der Waals surface area contributed by atoms with E-state index in [0.717, 1.165) is 0 Å². The van der Waals surface area contributed by atoms with Crippen LogP contribution >= 0.6 is 11.6 Å². The number of nitrogens with one attached hydrogen (secondary N) is 2. The predicted octanol–water partition coefficient (Wildman–Crippen LogP) is 3.40. The number of halogens is 1. The summed E-state index contributed by atoms with van der Waals surface area (Å²) < 4.78 is 15.7. The van der Waals surface area contributed by atoms with Gasteiger partial charge in [-0.15, -0.1) is 0 Å². The number of hydrogen-bond donors (Lipinski definition) is 2. The standard InChI is InChI=1S/C15H16ClN3O4/c1-21-11-7-10(8-12(22-2)14(11)23-3)18-15(20)19-13-6-9(16)4-5-17-13/h4-8H,1-3H3,(H2,17,18,19,20). The summed E-state index contributed by atoms with van der Waals surface area (Å²) in [5, 5.41) is 5.71. The van der Waals surface area contributed by atoms with Crippen molar-refractivity contribution in [3.63, 3.8) is 0 Å². The second-order valence-corrected chi connectivity index (χ2v) is 4.79. The van der Waals surface area contributed by atoms with Gasteiger partial charge in [0.2, 0.25) is 5.75 Å². The lowest BCUT2D eigenvalue weighted by Crippen LogP contribution is -2.20. The zero-order valence-corrected chi connectivity index (χ0v) is 13.6. The Morgan fingerprint density at radius 1 is 1.04 bits per heavy atom. The smallest absolute Gasteiger partial charge is 0.324 e. The lowest BCUT2D eigenvalue weighted by Gasteiger charge is -2.14. The summed E-state index contributed by atoms with van der Waals surface area (Å²) >= 11 is 5.84. The molecule has 122 valence electrons. The van der Waals surface area contributed by atoms with Crippen molar-refractivity contribution >= 4 is 29.1 Å². The SMILES string of the molecule is COc1cc(NC(=O)Nc2cc(Cl)ccn2)cc(OC)c1OC. The highest BCUT2D eigenvalue weighted by atomic mass is 35.5. The van der Waals surface area contributed by atoms with Crippen LogP contribution in [0.3, 0.4) is 0 Å². The van der Waals surface area contributed by atoms with E-state index in [-0.39, 0.29) is 0 Å². The Bertz CT molecular complexity index is 684. The second-order valence-electron chi connectivity index (χ2n) is 4.35. The molecule has 0 spiro atoms. The van der Waals surface area contributed by atoms with E-state index in [9.17, 15) is 4.79 Å². The fraction of sp³-hybridized carbons (Fsp3) is 0.200. The number of ether oxygens (including phenoxy) is 3. The van der Waals surface area contributed by atoms with Crippen molar-refractivity contribution in [2.45, 2.75) is 0 Å². The van der Waals surface area contributed by atoms with Crippen LogP contribution in [0.5, 0.6) is 17.2 Å². The first-order chi connectivity index (χ1) is 11.1. The molecule has 8 heteroatoms. The highest BCUT2D eigenvalue weighted by Crippen LogP contribution is 2.39. The van der Waals surface area contributed by atoms with E-state index in [1.807, 2.05) is 0 Å². The van der Waals surface area contributed by atoms with Gasteiger partial charge >= 0.3 is 6.03 Å². The van der Waals surface area contributed by atoms with Crippen molar-refractivity contribution in [2.75, 3.05) is 32.0 Å². The molecule has 2 amide bonds. The molecule has 0 fully saturated rings. The highest BCUT2D eigenvalue weighted by Gasteiger charge is 2.14. The molecule has 0 unspecified atom stereocenters. The molecule has 0 radical (unpaired) electrons. The van der Waals surface area contributed by atoms with Gasteiger partial charge in [0.15, 0.2) is 11.5 Å². The van der Waals surface area contributed by atoms with Crippen molar-refractivity contribution < 1.29 is 19.0 Å². The molecule has 0 atom stereocenters. The molecule has 0 saturated carbocycles. The van der Waals surface area contributed by atoms with Gasteiger partial charge in [0, 0.05) is 23.4 Å². The van der Waals surface area contributed by atoms with E-state index in [1.165, 1.54) is 33.6 Å². The Kier molecular flexibility index (Phi) is 5.48. The molecule has 0 aliphatic rings. The summed E-state index contributed by atoms with van der Waals surface area (Å²) in [7, 11) is 4.50. The Hall–Kier alpha value is -2.67. The molecule has 2 aromatic rings. The van der Waals surface area contributed by atoms with E-state index in [2.05, 4.69) is 15.6 Å². The summed E-state index contributed by atoms with van der Waals surface area (Å²) in [6.45, 7) is 0. The molecular formula is C15H16ClN3O4. The minimum atomic E-state index is -0.478. The van der Waals surface area contributed by atoms with Crippen LogP contribution in [0.2, 0.25) is 5.02 Å². The molecule has 1 aromatic carbocycles. The summed E-state index contributed by atoms with van der Waals surface area (Å²) in [6.07, 6.45) is 1.50. The van der Waals surface area contributed by atoms with Crippen LogP contribution in [-0.4, -0.2) is 32.3 Å². The summed E-state index contributed by atoms with van der Waals surface area (Å²) in [5.74, 6) is 1.64. The molecule has 0 saturated heterocycles. The molecular weight excluding hydrogens is 322 g/mol. The minimum Gasteiger partial charge on any atom is -0.493 e. The van der Waals surface area contributed by atoms with Crippen molar-refractivity contribution in [1.29, 1.82) is 0 Å². The van der Waals surface area contributed by atoms with Crippen molar-refractivity contribution in [2.24, 2.45) is 0 Å².